The maximum absolute atomic E-state index is 11.5. The van der Waals surface area contributed by atoms with Crippen LogP contribution >= 0.6 is 11.3 Å². The van der Waals surface area contributed by atoms with E-state index in [1.165, 1.54) is 4.68 Å². The molecular weight excluding hydrogens is 248 g/mol. The lowest BCUT2D eigenvalue weighted by atomic mass is 10.1. The minimum atomic E-state index is -0.540. The number of carbonyl (C=O) groups excluding carboxylic acids is 1. The minimum Gasteiger partial charge on any atom is -0.370 e. The molecule has 3 heterocycles. The zero-order valence-electron chi connectivity index (χ0n) is 9.85. The van der Waals surface area contributed by atoms with Gasteiger partial charge in [-0.15, -0.1) is 0 Å². The molecule has 0 fully saturated rings. The largest absolute Gasteiger partial charge is 0.370 e. The molecule has 0 aliphatic carbocycles. The molecule has 2 aromatic rings. The molecular formula is C12H14N4OS. The summed E-state index contributed by atoms with van der Waals surface area (Å²) in [4.78, 5) is 11.5. The molecule has 1 aliphatic heterocycles. The number of rotatable bonds is 1. The van der Waals surface area contributed by atoms with E-state index in [1.54, 1.807) is 11.3 Å². The van der Waals surface area contributed by atoms with Crippen molar-refractivity contribution >= 4 is 23.2 Å². The predicted molar refractivity (Wildman–Crippen MR) is 71.9 cm³/mol. The maximum Gasteiger partial charge on any atom is 0.341 e. The van der Waals surface area contributed by atoms with Gasteiger partial charge in [-0.2, -0.15) is 21.1 Å². The van der Waals surface area contributed by atoms with Crippen molar-refractivity contribution in [3.8, 4) is 11.3 Å². The number of hydrogen-bond donors (Lipinski definition) is 2. The van der Waals surface area contributed by atoms with Crippen molar-refractivity contribution in [2.24, 2.45) is 5.73 Å². The van der Waals surface area contributed by atoms with Crippen LogP contribution in [0.5, 0.6) is 0 Å². The van der Waals surface area contributed by atoms with Crippen LogP contribution in [0.3, 0.4) is 0 Å². The average molecular weight is 262 g/mol. The van der Waals surface area contributed by atoms with Crippen molar-refractivity contribution in [2.75, 3.05) is 11.9 Å². The zero-order valence-corrected chi connectivity index (χ0v) is 10.7. The fourth-order valence-electron chi connectivity index (χ4n) is 2.29. The van der Waals surface area contributed by atoms with Crippen LogP contribution in [-0.4, -0.2) is 22.4 Å². The third kappa shape index (κ3) is 1.78. The molecule has 2 aromatic heterocycles. The molecule has 0 atom stereocenters. The van der Waals surface area contributed by atoms with Crippen LogP contribution in [0.15, 0.2) is 16.8 Å². The van der Waals surface area contributed by atoms with E-state index in [0.29, 0.717) is 0 Å². The number of amides is 1. The summed E-state index contributed by atoms with van der Waals surface area (Å²) in [7, 11) is 0. The molecule has 18 heavy (non-hydrogen) atoms. The summed E-state index contributed by atoms with van der Waals surface area (Å²) in [6.07, 6.45) is 3.12. The molecule has 0 saturated carbocycles. The minimum absolute atomic E-state index is 0.540. The molecule has 3 rings (SSSR count). The lowest BCUT2D eigenvalue weighted by molar-refractivity contribution is 0.248. The van der Waals surface area contributed by atoms with E-state index in [2.05, 4.69) is 10.4 Å². The van der Waals surface area contributed by atoms with Gasteiger partial charge < -0.3 is 11.1 Å². The number of aromatic nitrogens is 2. The van der Waals surface area contributed by atoms with E-state index < -0.39 is 6.03 Å². The van der Waals surface area contributed by atoms with Gasteiger partial charge >= 0.3 is 6.03 Å². The molecule has 94 valence electrons. The Balaban J connectivity index is 2.17. The topological polar surface area (TPSA) is 72.9 Å². The summed E-state index contributed by atoms with van der Waals surface area (Å²) in [5.74, 6) is 0.765. The van der Waals surface area contributed by atoms with Gasteiger partial charge in [0, 0.05) is 23.1 Å². The molecule has 5 nitrogen and oxygen atoms in total. The quantitative estimate of drug-likeness (QED) is 0.828. The second kappa shape index (κ2) is 4.45. The molecule has 6 heteroatoms. The summed E-state index contributed by atoms with van der Waals surface area (Å²) in [5, 5.41) is 11.7. The Bertz CT molecular complexity index is 573. The van der Waals surface area contributed by atoms with Crippen LogP contribution in [0.2, 0.25) is 0 Å². The average Bonchev–Trinajstić information content (AvgIpc) is 2.91. The van der Waals surface area contributed by atoms with Crippen LogP contribution in [0.4, 0.5) is 10.6 Å². The summed E-state index contributed by atoms with van der Waals surface area (Å²) in [6, 6.07) is 1.48. The Morgan fingerprint density at radius 2 is 2.39 bits per heavy atom. The van der Waals surface area contributed by atoms with Crippen LogP contribution in [-0.2, 0) is 6.42 Å². The second-order valence-electron chi connectivity index (χ2n) is 4.32. The number of thiophene rings is 1. The highest BCUT2D eigenvalue weighted by Gasteiger charge is 2.22. The van der Waals surface area contributed by atoms with E-state index in [-0.39, 0.29) is 0 Å². The van der Waals surface area contributed by atoms with Crippen LogP contribution in [0.25, 0.3) is 11.3 Å². The van der Waals surface area contributed by atoms with Crippen molar-refractivity contribution in [3.63, 3.8) is 0 Å². The molecule has 0 radical (unpaired) electrons. The number of fused-ring (bicyclic) bond motifs is 1. The van der Waals surface area contributed by atoms with Gasteiger partial charge in [0.1, 0.15) is 5.82 Å². The summed E-state index contributed by atoms with van der Waals surface area (Å²) < 4.78 is 1.29. The molecule has 0 unspecified atom stereocenters. The molecule has 0 aromatic carbocycles. The molecule has 0 bridgehead atoms. The fraction of sp³-hybridized carbons (Fsp3) is 0.333. The monoisotopic (exact) mass is 262 g/mol. The molecule has 1 aliphatic rings. The number of hydrogen-bond acceptors (Lipinski definition) is 4. The van der Waals surface area contributed by atoms with Gasteiger partial charge in [0.25, 0.3) is 0 Å². The van der Waals surface area contributed by atoms with Crippen molar-refractivity contribution in [3.05, 3.63) is 22.4 Å². The molecule has 1 amide bonds. The van der Waals surface area contributed by atoms with E-state index in [1.807, 2.05) is 16.8 Å². The van der Waals surface area contributed by atoms with Crippen molar-refractivity contribution < 1.29 is 4.79 Å². The third-order valence-corrected chi connectivity index (χ3v) is 3.82. The fourth-order valence-corrected chi connectivity index (χ4v) is 2.93. The Kier molecular flexibility index (Phi) is 2.79. The smallest absolute Gasteiger partial charge is 0.341 e. The highest BCUT2D eigenvalue weighted by atomic mass is 32.1. The zero-order chi connectivity index (χ0) is 12.5. The first-order valence-corrected chi connectivity index (χ1v) is 6.90. The van der Waals surface area contributed by atoms with Crippen LogP contribution in [0.1, 0.15) is 18.4 Å². The van der Waals surface area contributed by atoms with Crippen molar-refractivity contribution in [1.29, 1.82) is 0 Å². The lowest BCUT2D eigenvalue weighted by Crippen LogP contribution is -2.23. The van der Waals surface area contributed by atoms with Gasteiger partial charge in [-0.3, -0.25) is 0 Å². The van der Waals surface area contributed by atoms with Gasteiger partial charge in [-0.05, 0) is 30.7 Å². The Morgan fingerprint density at radius 3 is 3.11 bits per heavy atom. The first-order chi connectivity index (χ1) is 8.77. The Morgan fingerprint density at radius 1 is 1.50 bits per heavy atom. The number of anilines is 1. The Hall–Kier alpha value is -1.82. The number of nitrogens with one attached hydrogen (secondary N) is 1. The molecule has 0 spiro atoms. The van der Waals surface area contributed by atoms with Gasteiger partial charge in [0.05, 0.1) is 5.69 Å². The highest BCUT2D eigenvalue weighted by molar-refractivity contribution is 7.08. The molecule has 3 N–H and O–H groups in total. The summed E-state index contributed by atoms with van der Waals surface area (Å²) in [5.41, 5.74) is 8.41. The number of nitrogens with zero attached hydrogens (tertiary/aromatic N) is 2. The van der Waals surface area contributed by atoms with Gasteiger partial charge in [-0.1, -0.05) is 0 Å². The standard InChI is InChI=1S/C12H14N4OS/c13-12(17)16-11-9(3-1-2-5-14-11)10(15-16)8-4-6-18-7-8/h4,6-7,14H,1-3,5H2,(H2,13,17). The SMILES string of the molecule is NC(=O)n1nc(-c2ccsc2)c2c1NCCCC2. The Labute approximate surface area is 109 Å². The normalized spacial score (nSPS) is 14.7. The van der Waals surface area contributed by atoms with Crippen molar-refractivity contribution in [1.82, 2.24) is 9.78 Å². The van der Waals surface area contributed by atoms with Gasteiger partial charge in [0.15, 0.2) is 0 Å². The molecule has 0 saturated heterocycles. The van der Waals surface area contributed by atoms with Crippen LogP contribution < -0.4 is 11.1 Å². The van der Waals surface area contributed by atoms with E-state index in [0.717, 1.165) is 48.4 Å². The summed E-state index contributed by atoms with van der Waals surface area (Å²) >= 11 is 1.62. The van der Waals surface area contributed by atoms with Crippen molar-refractivity contribution in [2.45, 2.75) is 19.3 Å². The van der Waals surface area contributed by atoms with Gasteiger partial charge in [0.2, 0.25) is 0 Å². The lowest BCUT2D eigenvalue weighted by Gasteiger charge is -2.04. The first-order valence-electron chi connectivity index (χ1n) is 5.95. The van der Waals surface area contributed by atoms with E-state index >= 15 is 0 Å². The predicted octanol–water partition coefficient (Wildman–Crippen LogP) is 2.29. The second-order valence-corrected chi connectivity index (χ2v) is 5.10. The summed E-state index contributed by atoms with van der Waals surface area (Å²) in [6.45, 7) is 0.856. The van der Waals surface area contributed by atoms with E-state index in [9.17, 15) is 4.79 Å². The number of primary amides is 1. The number of nitrogens with two attached hydrogens (primary N) is 1. The maximum atomic E-state index is 11.5. The first kappa shape index (κ1) is 11.3. The third-order valence-electron chi connectivity index (χ3n) is 3.13. The van der Waals surface area contributed by atoms with E-state index in [4.69, 9.17) is 5.73 Å². The van der Waals surface area contributed by atoms with Crippen LogP contribution in [0, 0.1) is 0 Å². The highest BCUT2D eigenvalue weighted by Crippen LogP contribution is 2.32. The number of carbonyl (C=O) groups is 1. The van der Waals surface area contributed by atoms with Gasteiger partial charge in [-0.25, -0.2) is 4.79 Å².